The van der Waals surface area contributed by atoms with Gasteiger partial charge in [-0.05, 0) is 43.2 Å². The van der Waals surface area contributed by atoms with Crippen LogP contribution in [0.5, 0.6) is 0 Å². The molecular weight excluding hydrogens is 401 g/mol. The van der Waals surface area contributed by atoms with Crippen LogP contribution in [0.3, 0.4) is 0 Å². The average molecular weight is 420 g/mol. The maximum atomic E-state index is 13.9. The van der Waals surface area contributed by atoms with E-state index in [0.29, 0.717) is 29.7 Å². The third-order valence-electron chi connectivity index (χ3n) is 4.29. The molecule has 1 saturated heterocycles. The van der Waals surface area contributed by atoms with Crippen molar-refractivity contribution in [1.82, 2.24) is 4.90 Å². The van der Waals surface area contributed by atoms with E-state index in [9.17, 15) is 14.0 Å². The van der Waals surface area contributed by atoms with Gasteiger partial charge >= 0.3 is 6.03 Å². The molecule has 0 bridgehead atoms. The molecule has 2 aromatic carbocycles. The number of nitrogens with one attached hydrogen (secondary N) is 2. The van der Waals surface area contributed by atoms with E-state index in [-0.39, 0.29) is 23.5 Å². The molecule has 3 rings (SSSR count). The van der Waals surface area contributed by atoms with Crippen LogP contribution in [0.1, 0.15) is 12.8 Å². The van der Waals surface area contributed by atoms with Crippen LogP contribution in [0, 0.1) is 11.7 Å². The van der Waals surface area contributed by atoms with E-state index in [1.165, 1.54) is 12.1 Å². The minimum Gasteiger partial charge on any atom is -0.324 e. The fraction of sp³-hybridized carbons (Fsp3) is 0.263. The fourth-order valence-corrected chi connectivity index (χ4v) is 3.26. The number of amides is 3. The van der Waals surface area contributed by atoms with Crippen molar-refractivity contribution < 1.29 is 14.0 Å². The lowest BCUT2D eigenvalue weighted by Gasteiger charge is -2.32. The lowest BCUT2D eigenvalue weighted by Crippen LogP contribution is -2.45. The third-order valence-corrected chi connectivity index (χ3v) is 4.79. The Morgan fingerprint density at radius 3 is 2.62 bits per heavy atom. The summed E-state index contributed by atoms with van der Waals surface area (Å²) in [7, 11) is 0. The van der Waals surface area contributed by atoms with Crippen molar-refractivity contribution >= 4 is 39.2 Å². The second-order valence-electron chi connectivity index (χ2n) is 6.19. The average Bonchev–Trinajstić information content (AvgIpc) is 2.65. The molecule has 1 aliphatic heterocycles. The first-order chi connectivity index (χ1) is 12.5. The summed E-state index contributed by atoms with van der Waals surface area (Å²) in [5, 5.41) is 5.45. The molecule has 0 aromatic heterocycles. The van der Waals surface area contributed by atoms with Crippen molar-refractivity contribution in [2.24, 2.45) is 5.92 Å². The highest BCUT2D eigenvalue weighted by atomic mass is 79.9. The third kappa shape index (κ3) is 4.60. The Kier molecular flexibility index (Phi) is 5.88. The molecule has 5 nitrogen and oxygen atoms in total. The zero-order valence-electron chi connectivity index (χ0n) is 14.0. The standard InChI is InChI=1S/C19H19BrFN3O2/c20-14-8-9-17(16(21)11-14)23-18(25)13-5-4-10-24(12-13)19(26)22-15-6-2-1-3-7-15/h1-3,6-9,11,13H,4-5,10,12H2,(H,22,26)(H,23,25). The molecule has 1 unspecified atom stereocenters. The van der Waals surface area contributed by atoms with Crippen LogP contribution in [0.4, 0.5) is 20.6 Å². The maximum Gasteiger partial charge on any atom is 0.321 e. The Morgan fingerprint density at radius 1 is 1.12 bits per heavy atom. The number of likely N-dealkylation sites (tertiary alicyclic amines) is 1. The first-order valence-corrected chi connectivity index (χ1v) is 9.19. The van der Waals surface area contributed by atoms with Crippen molar-refractivity contribution in [3.63, 3.8) is 0 Å². The van der Waals surface area contributed by atoms with E-state index in [1.54, 1.807) is 11.0 Å². The van der Waals surface area contributed by atoms with E-state index in [0.717, 1.165) is 6.42 Å². The first kappa shape index (κ1) is 18.4. The molecule has 26 heavy (non-hydrogen) atoms. The van der Waals surface area contributed by atoms with Crippen molar-refractivity contribution in [3.8, 4) is 0 Å². The van der Waals surface area contributed by atoms with Gasteiger partial charge in [0.25, 0.3) is 0 Å². The van der Waals surface area contributed by atoms with Gasteiger partial charge in [-0.2, -0.15) is 0 Å². The molecule has 7 heteroatoms. The number of carbonyl (C=O) groups is 2. The second-order valence-corrected chi connectivity index (χ2v) is 7.11. The highest BCUT2D eigenvalue weighted by Gasteiger charge is 2.29. The summed E-state index contributed by atoms with van der Waals surface area (Å²) in [6, 6.07) is 13.4. The SMILES string of the molecule is O=C(Nc1ccc(Br)cc1F)C1CCCN(C(=O)Nc2ccccc2)C1. The summed E-state index contributed by atoms with van der Waals surface area (Å²) in [5.74, 6) is -1.14. The number of benzene rings is 2. The van der Waals surface area contributed by atoms with Crippen molar-refractivity contribution in [1.29, 1.82) is 0 Å². The number of carbonyl (C=O) groups excluding carboxylic acids is 2. The lowest BCUT2D eigenvalue weighted by atomic mass is 9.97. The van der Waals surface area contributed by atoms with Gasteiger partial charge in [-0.3, -0.25) is 4.79 Å². The number of hydrogen-bond donors (Lipinski definition) is 2. The monoisotopic (exact) mass is 419 g/mol. The highest BCUT2D eigenvalue weighted by molar-refractivity contribution is 9.10. The molecule has 136 valence electrons. The lowest BCUT2D eigenvalue weighted by molar-refractivity contribution is -0.121. The molecule has 3 amide bonds. The number of hydrogen-bond acceptors (Lipinski definition) is 2. The quantitative estimate of drug-likeness (QED) is 0.770. The van der Waals surface area contributed by atoms with Crippen LogP contribution in [-0.2, 0) is 4.79 Å². The number of anilines is 2. The Morgan fingerprint density at radius 2 is 1.88 bits per heavy atom. The Balaban J connectivity index is 1.60. The van der Waals surface area contributed by atoms with Crippen LogP contribution >= 0.6 is 15.9 Å². The molecule has 0 aliphatic carbocycles. The number of rotatable bonds is 3. The van der Waals surface area contributed by atoms with Gasteiger partial charge in [-0.15, -0.1) is 0 Å². The van der Waals surface area contributed by atoms with Crippen LogP contribution < -0.4 is 10.6 Å². The molecule has 1 heterocycles. The molecule has 1 aliphatic rings. The van der Waals surface area contributed by atoms with Crippen molar-refractivity contribution in [2.45, 2.75) is 12.8 Å². The predicted octanol–water partition coefficient (Wildman–Crippen LogP) is 4.47. The number of piperidine rings is 1. The smallest absolute Gasteiger partial charge is 0.321 e. The molecule has 0 radical (unpaired) electrons. The normalized spacial score (nSPS) is 16.8. The zero-order valence-corrected chi connectivity index (χ0v) is 15.6. The summed E-state index contributed by atoms with van der Waals surface area (Å²) in [4.78, 5) is 26.5. The summed E-state index contributed by atoms with van der Waals surface area (Å²) in [6.07, 6.45) is 1.39. The van der Waals surface area contributed by atoms with Gasteiger partial charge in [0.15, 0.2) is 0 Å². The van der Waals surface area contributed by atoms with E-state index in [1.807, 2.05) is 30.3 Å². The maximum absolute atomic E-state index is 13.9. The fourth-order valence-electron chi connectivity index (χ4n) is 2.93. The second kappa shape index (κ2) is 8.31. The van der Waals surface area contributed by atoms with E-state index in [2.05, 4.69) is 26.6 Å². The van der Waals surface area contributed by atoms with Gasteiger partial charge in [0, 0.05) is 23.2 Å². The highest BCUT2D eigenvalue weighted by Crippen LogP contribution is 2.23. The van der Waals surface area contributed by atoms with Gasteiger partial charge in [-0.25, -0.2) is 9.18 Å². The topological polar surface area (TPSA) is 61.4 Å². The predicted molar refractivity (Wildman–Crippen MR) is 102 cm³/mol. The Bertz CT molecular complexity index is 801. The summed E-state index contributed by atoms with van der Waals surface area (Å²) in [6.45, 7) is 0.901. The molecule has 0 spiro atoms. The number of halogens is 2. The molecule has 1 atom stereocenters. The largest absolute Gasteiger partial charge is 0.324 e. The van der Waals surface area contributed by atoms with Crippen molar-refractivity contribution in [2.75, 3.05) is 23.7 Å². The molecule has 0 saturated carbocycles. The number of para-hydroxylation sites is 1. The van der Waals surface area contributed by atoms with Gasteiger partial charge < -0.3 is 15.5 Å². The van der Waals surface area contributed by atoms with Gasteiger partial charge in [0.2, 0.25) is 5.91 Å². The van der Waals surface area contributed by atoms with E-state index < -0.39 is 5.82 Å². The van der Waals surface area contributed by atoms with Crippen LogP contribution in [-0.4, -0.2) is 29.9 Å². The Hall–Kier alpha value is -2.41. The molecule has 2 N–H and O–H groups in total. The van der Waals surface area contributed by atoms with Crippen LogP contribution in [0.25, 0.3) is 0 Å². The van der Waals surface area contributed by atoms with E-state index in [4.69, 9.17) is 0 Å². The van der Waals surface area contributed by atoms with Crippen LogP contribution in [0.2, 0.25) is 0 Å². The minimum atomic E-state index is -0.498. The molecule has 1 fully saturated rings. The van der Waals surface area contributed by atoms with Gasteiger partial charge in [0.05, 0.1) is 11.6 Å². The van der Waals surface area contributed by atoms with Crippen LogP contribution in [0.15, 0.2) is 53.0 Å². The molecular formula is C19H19BrFN3O2. The summed E-state index contributed by atoms with van der Waals surface area (Å²) >= 11 is 3.19. The minimum absolute atomic E-state index is 0.143. The summed E-state index contributed by atoms with van der Waals surface area (Å²) in [5.41, 5.74) is 0.852. The zero-order chi connectivity index (χ0) is 18.5. The van der Waals surface area contributed by atoms with Gasteiger partial charge in [-0.1, -0.05) is 34.1 Å². The van der Waals surface area contributed by atoms with Crippen molar-refractivity contribution in [3.05, 3.63) is 58.8 Å². The number of nitrogens with zero attached hydrogens (tertiary/aromatic N) is 1. The summed E-state index contributed by atoms with van der Waals surface area (Å²) < 4.78 is 14.5. The molecule has 2 aromatic rings. The number of urea groups is 1. The van der Waals surface area contributed by atoms with Gasteiger partial charge in [0.1, 0.15) is 5.82 Å². The Labute approximate surface area is 159 Å². The first-order valence-electron chi connectivity index (χ1n) is 8.40. The van der Waals surface area contributed by atoms with E-state index >= 15 is 0 Å².